The molecule has 4 heterocycles. The number of aromatic nitrogens is 4. The predicted octanol–water partition coefficient (Wildman–Crippen LogP) is 1.37. The van der Waals surface area contributed by atoms with Gasteiger partial charge in [-0.2, -0.15) is 4.31 Å². The molecule has 3 aromatic rings. The number of fused-ring (bicyclic) bond motifs is 2. The van der Waals surface area contributed by atoms with Crippen molar-refractivity contribution in [3.05, 3.63) is 42.7 Å². The molecule has 0 aliphatic carbocycles. The fourth-order valence-electron chi connectivity index (χ4n) is 4.53. The number of benzene rings is 1. The monoisotopic (exact) mass is 446 g/mol. The van der Waals surface area contributed by atoms with Crippen LogP contribution < -0.4 is 4.90 Å². The average Bonchev–Trinajstić information content (AvgIpc) is 3.45. The molecule has 11 heteroatoms. The molecule has 0 amide bonds. The van der Waals surface area contributed by atoms with Crippen LogP contribution in [0.4, 0.5) is 10.2 Å². The van der Waals surface area contributed by atoms with Crippen LogP contribution in [-0.4, -0.2) is 72.1 Å². The van der Waals surface area contributed by atoms with Gasteiger partial charge in [0.15, 0.2) is 17.0 Å². The van der Waals surface area contributed by atoms with E-state index in [2.05, 4.69) is 19.9 Å². The van der Waals surface area contributed by atoms with Crippen LogP contribution in [-0.2, 0) is 21.3 Å². The van der Waals surface area contributed by atoms with Crippen molar-refractivity contribution >= 4 is 27.0 Å². The molecule has 1 aromatic carbocycles. The van der Waals surface area contributed by atoms with Crippen molar-refractivity contribution in [2.45, 2.75) is 11.4 Å². The van der Waals surface area contributed by atoms with E-state index in [0.717, 1.165) is 17.0 Å². The van der Waals surface area contributed by atoms with E-state index in [0.29, 0.717) is 39.3 Å². The Bertz CT molecular complexity index is 1190. The van der Waals surface area contributed by atoms with E-state index >= 15 is 0 Å². The summed E-state index contributed by atoms with van der Waals surface area (Å²) in [5.74, 6) is 0.740. The Morgan fingerprint density at radius 3 is 2.45 bits per heavy atom. The van der Waals surface area contributed by atoms with E-state index < -0.39 is 15.8 Å². The van der Waals surface area contributed by atoms with Gasteiger partial charge in [0.1, 0.15) is 12.1 Å². The fraction of sp³-hybridized carbons (Fsp3) is 0.450. The summed E-state index contributed by atoms with van der Waals surface area (Å²) in [6.45, 7) is 3.52. The normalized spacial score (nSPS) is 21.8. The quantitative estimate of drug-likeness (QED) is 0.565. The van der Waals surface area contributed by atoms with Gasteiger partial charge in [-0.1, -0.05) is 0 Å². The van der Waals surface area contributed by atoms with Crippen LogP contribution in [0.3, 0.4) is 0 Å². The van der Waals surface area contributed by atoms with Crippen molar-refractivity contribution in [3.63, 3.8) is 0 Å². The summed E-state index contributed by atoms with van der Waals surface area (Å²) in [4.78, 5) is 15.7. The zero-order valence-corrected chi connectivity index (χ0v) is 17.9. The minimum absolute atomic E-state index is 0.129. The molecule has 0 N–H and O–H groups in total. The molecule has 2 unspecified atom stereocenters. The van der Waals surface area contributed by atoms with E-state index in [9.17, 15) is 12.8 Å². The standard InChI is InChI=1S/C20H23FN6O3S/c1-30-7-6-25-13-24-18-19(25)22-12-23-20(18)26-8-14-10-27(11-15(14)9-26)31(28,29)17-4-2-16(21)3-5-17/h2-5,12-15H,6-11H2,1H3. The lowest BCUT2D eigenvalue weighted by Gasteiger charge is -2.22. The first-order chi connectivity index (χ1) is 15.0. The molecule has 2 saturated heterocycles. The van der Waals surface area contributed by atoms with Gasteiger partial charge in [0.2, 0.25) is 10.0 Å². The minimum Gasteiger partial charge on any atom is -0.383 e. The second-order valence-electron chi connectivity index (χ2n) is 8.00. The number of anilines is 1. The second kappa shape index (κ2) is 7.81. The third kappa shape index (κ3) is 3.56. The summed E-state index contributed by atoms with van der Waals surface area (Å²) >= 11 is 0. The highest BCUT2D eigenvalue weighted by atomic mass is 32.2. The van der Waals surface area contributed by atoms with Crippen molar-refractivity contribution in [1.29, 1.82) is 0 Å². The van der Waals surface area contributed by atoms with Crippen molar-refractivity contribution in [2.24, 2.45) is 11.8 Å². The van der Waals surface area contributed by atoms with E-state index in [4.69, 9.17) is 4.74 Å². The molecule has 2 atom stereocenters. The van der Waals surface area contributed by atoms with Crippen molar-refractivity contribution < 1.29 is 17.5 Å². The molecule has 0 saturated carbocycles. The maximum absolute atomic E-state index is 13.2. The lowest BCUT2D eigenvalue weighted by atomic mass is 10.0. The molecule has 2 aromatic heterocycles. The zero-order valence-electron chi connectivity index (χ0n) is 17.1. The van der Waals surface area contributed by atoms with Gasteiger partial charge in [0.05, 0.1) is 17.8 Å². The molecule has 0 spiro atoms. The van der Waals surface area contributed by atoms with Gasteiger partial charge in [-0.05, 0) is 36.1 Å². The number of imidazole rings is 1. The van der Waals surface area contributed by atoms with E-state index in [-0.39, 0.29) is 16.7 Å². The highest BCUT2D eigenvalue weighted by Crippen LogP contribution is 2.37. The molecular weight excluding hydrogens is 423 g/mol. The highest BCUT2D eigenvalue weighted by Gasteiger charge is 2.45. The minimum atomic E-state index is -3.62. The van der Waals surface area contributed by atoms with Crippen LogP contribution in [0.15, 0.2) is 41.8 Å². The second-order valence-corrected chi connectivity index (χ2v) is 9.94. The summed E-state index contributed by atoms with van der Waals surface area (Å²) < 4.78 is 47.7. The number of halogens is 1. The van der Waals surface area contributed by atoms with Crippen molar-refractivity contribution in [3.8, 4) is 0 Å². The first-order valence-corrected chi connectivity index (χ1v) is 11.6. The number of hydrogen-bond donors (Lipinski definition) is 0. The Labute approximate surface area is 179 Å². The summed E-state index contributed by atoms with van der Waals surface area (Å²) in [7, 11) is -1.97. The molecule has 2 aliphatic rings. The molecule has 2 fully saturated rings. The first-order valence-electron chi connectivity index (χ1n) is 10.1. The number of nitrogens with zero attached hydrogens (tertiary/aromatic N) is 6. The number of ether oxygens (including phenoxy) is 1. The summed E-state index contributed by atoms with van der Waals surface area (Å²) in [5, 5.41) is 0. The number of sulfonamides is 1. The molecule has 31 heavy (non-hydrogen) atoms. The van der Waals surface area contributed by atoms with Crippen LogP contribution in [0, 0.1) is 17.7 Å². The maximum atomic E-state index is 13.2. The number of hydrogen-bond acceptors (Lipinski definition) is 7. The van der Waals surface area contributed by atoms with Crippen LogP contribution >= 0.6 is 0 Å². The smallest absolute Gasteiger partial charge is 0.243 e. The lowest BCUT2D eigenvalue weighted by molar-refractivity contribution is 0.188. The van der Waals surface area contributed by atoms with Gasteiger partial charge in [0.25, 0.3) is 0 Å². The van der Waals surface area contributed by atoms with Gasteiger partial charge in [-0.25, -0.2) is 27.8 Å². The molecule has 164 valence electrons. The highest BCUT2D eigenvalue weighted by molar-refractivity contribution is 7.89. The van der Waals surface area contributed by atoms with Crippen LogP contribution in [0.25, 0.3) is 11.2 Å². The number of methoxy groups -OCH3 is 1. The Morgan fingerprint density at radius 2 is 1.77 bits per heavy atom. The molecule has 0 bridgehead atoms. The molecular formula is C20H23FN6O3S. The Kier molecular flexibility index (Phi) is 5.11. The molecule has 5 rings (SSSR count). The third-order valence-corrected chi connectivity index (χ3v) is 7.97. The molecule has 0 radical (unpaired) electrons. The first kappa shape index (κ1) is 20.3. The van der Waals surface area contributed by atoms with Crippen LogP contribution in [0.2, 0.25) is 0 Å². The van der Waals surface area contributed by atoms with E-state index in [1.54, 1.807) is 19.8 Å². The zero-order chi connectivity index (χ0) is 21.6. The average molecular weight is 447 g/mol. The lowest BCUT2D eigenvalue weighted by Crippen LogP contribution is -2.33. The largest absolute Gasteiger partial charge is 0.383 e. The van der Waals surface area contributed by atoms with Crippen LogP contribution in [0.5, 0.6) is 0 Å². The fourth-order valence-corrected chi connectivity index (χ4v) is 6.08. The maximum Gasteiger partial charge on any atom is 0.243 e. The van der Waals surface area contributed by atoms with Gasteiger partial charge in [-0.15, -0.1) is 0 Å². The molecule has 2 aliphatic heterocycles. The third-order valence-electron chi connectivity index (χ3n) is 6.12. The summed E-state index contributed by atoms with van der Waals surface area (Å²) in [6.07, 6.45) is 3.29. The van der Waals surface area contributed by atoms with E-state index in [1.807, 2.05) is 4.57 Å². The van der Waals surface area contributed by atoms with Gasteiger partial charge in [0, 0.05) is 39.8 Å². The van der Waals surface area contributed by atoms with Crippen molar-refractivity contribution in [2.75, 3.05) is 44.8 Å². The summed E-state index contributed by atoms with van der Waals surface area (Å²) in [6, 6.07) is 5.00. The van der Waals surface area contributed by atoms with E-state index in [1.165, 1.54) is 28.6 Å². The summed E-state index contributed by atoms with van der Waals surface area (Å²) in [5.41, 5.74) is 1.51. The SMILES string of the molecule is COCCn1cnc2c(N3CC4CN(S(=O)(=O)c5ccc(F)cc5)CC4C3)ncnc21. The Balaban J connectivity index is 1.32. The molecule has 9 nitrogen and oxygen atoms in total. The topological polar surface area (TPSA) is 93.5 Å². The Hall–Kier alpha value is -2.63. The Morgan fingerprint density at radius 1 is 1.06 bits per heavy atom. The van der Waals surface area contributed by atoms with Gasteiger partial charge in [-0.3, -0.25) is 0 Å². The predicted molar refractivity (Wildman–Crippen MR) is 112 cm³/mol. The van der Waals surface area contributed by atoms with Gasteiger partial charge < -0.3 is 14.2 Å². The van der Waals surface area contributed by atoms with Crippen LogP contribution in [0.1, 0.15) is 0 Å². The van der Waals surface area contributed by atoms with Crippen molar-refractivity contribution in [1.82, 2.24) is 23.8 Å². The number of rotatable bonds is 6. The van der Waals surface area contributed by atoms with Gasteiger partial charge >= 0.3 is 0 Å².